The predicted octanol–water partition coefficient (Wildman–Crippen LogP) is 2.57. The molecule has 0 saturated carbocycles. The maximum Gasteiger partial charge on any atom is 0.332 e. The fourth-order valence-corrected chi connectivity index (χ4v) is 6.03. The molecule has 1 fully saturated rings. The summed E-state index contributed by atoms with van der Waals surface area (Å²) < 4.78 is 33.4. The number of halogens is 1. The number of aromatic nitrogens is 2. The lowest BCUT2D eigenvalue weighted by Crippen LogP contribution is -2.49. The largest absolute Gasteiger partial charge is 0.496 e. The van der Waals surface area contributed by atoms with Gasteiger partial charge in [-0.05, 0) is 38.0 Å². The van der Waals surface area contributed by atoms with E-state index >= 15 is 0 Å². The molecule has 1 saturated heterocycles. The fourth-order valence-electron chi connectivity index (χ4n) is 4.79. The van der Waals surface area contributed by atoms with Crippen molar-refractivity contribution in [3.05, 3.63) is 56.0 Å². The molecule has 0 bridgehead atoms. The van der Waals surface area contributed by atoms with Crippen LogP contribution in [0.1, 0.15) is 36.1 Å². The Kier molecular flexibility index (Phi) is 9.12. The number of anilines is 1. The molecular formula is C26H31FN6O6S. The molecule has 1 amide bonds. The first-order valence-corrected chi connectivity index (χ1v) is 13.3. The number of methoxy groups -OCH3 is 2. The van der Waals surface area contributed by atoms with Crippen molar-refractivity contribution >= 4 is 45.9 Å². The average molecular weight is 575 g/mol. The van der Waals surface area contributed by atoms with Gasteiger partial charge in [0.1, 0.15) is 33.5 Å². The Balaban J connectivity index is 2.00. The van der Waals surface area contributed by atoms with Crippen LogP contribution in [0.5, 0.6) is 5.75 Å². The normalized spacial score (nSPS) is 16.0. The van der Waals surface area contributed by atoms with Gasteiger partial charge in [-0.1, -0.05) is 11.3 Å². The number of ether oxygens (including phenoxy) is 3. The summed E-state index contributed by atoms with van der Waals surface area (Å²) in [6, 6.07) is 3.02. The third kappa shape index (κ3) is 5.42. The van der Waals surface area contributed by atoms with Gasteiger partial charge in [-0.15, -0.1) is 5.12 Å². The number of amides is 1. The number of carbonyl (C=O) groups is 1. The topological polar surface area (TPSA) is 129 Å². The summed E-state index contributed by atoms with van der Waals surface area (Å²) >= 11 is 1.09. The van der Waals surface area contributed by atoms with Crippen molar-refractivity contribution < 1.29 is 23.4 Å². The van der Waals surface area contributed by atoms with Gasteiger partial charge in [0.25, 0.3) is 5.56 Å². The lowest BCUT2D eigenvalue weighted by molar-refractivity contribution is -0.126. The number of hydrogen-bond acceptors (Lipinski definition) is 10. The summed E-state index contributed by atoms with van der Waals surface area (Å²) in [4.78, 5) is 41.0. The van der Waals surface area contributed by atoms with Crippen molar-refractivity contribution in [1.82, 2.24) is 14.5 Å². The Morgan fingerprint density at radius 2 is 1.98 bits per heavy atom. The molecule has 1 aliphatic rings. The number of thiophene rings is 1. The van der Waals surface area contributed by atoms with Crippen LogP contribution in [-0.2, 0) is 20.8 Å². The first-order valence-electron chi connectivity index (χ1n) is 12.5. The number of fused-ring (bicyclic) bond motifs is 1. The Morgan fingerprint density at radius 1 is 1.23 bits per heavy atom. The lowest BCUT2D eigenvalue weighted by Gasteiger charge is -2.26. The first-order chi connectivity index (χ1) is 19.3. The van der Waals surface area contributed by atoms with E-state index in [0.29, 0.717) is 46.1 Å². The maximum absolute atomic E-state index is 14.4. The molecule has 40 heavy (non-hydrogen) atoms. The van der Waals surface area contributed by atoms with Crippen molar-refractivity contribution in [3.8, 4) is 5.75 Å². The van der Waals surface area contributed by atoms with Gasteiger partial charge in [0.2, 0.25) is 5.91 Å². The van der Waals surface area contributed by atoms with Crippen molar-refractivity contribution in [2.75, 3.05) is 39.1 Å². The number of hydrazone groups is 2. The number of nitrogens with zero attached hydrogens (tertiary/aromatic N) is 5. The van der Waals surface area contributed by atoms with E-state index in [2.05, 4.69) is 29.0 Å². The quantitative estimate of drug-likeness (QED) is 0.200. The molecule has 3 heterocycles. The molecule has 4 rings (SSSR count). The van der Waals surface area contributed by atoms with Gasteiger partial charge >= 0.3 is 5.69 Å². The van der Waals surface area contributed by atoms with E-state index < -0.39 is 35.1 Å². The number of carbonyl (C=O) groups excluding carboxylic acids is 1. The highest BCUT2D eigenvalue weighted by molar-refractivity contribution is 7.22. The molecule has 0 spiro atoms. The molecule has 14 heteroatoms. The minimum atomic E-state index is -0.991. The van der Waals surface area contributed by atoms with Crippen LogP contribution in [0.2, 0.25) is 0 Å². The van der Waals surface area contributed by atoms with Crippen molar-refractivity contribution in [3.63, 3.8) is 0 Å². The van der Waals surface area contributed by atoms with Crippen LogP contribution in [0.4, 0.5) is 9.39 Å². The van der Waals surface area contributed by atoms with Crippen molar-refractivity contribution in [1.29, 1.82) is 0 Å². The zero-order valence-corrected chi connectivity index (χ0v) is 23.3. The minimum absolute atomic E-state index is 0.129. The van der Waals surface area contributed by atoms with Gasteiger partial charge in [-0.25, -0.2) is 13.8 Å². The molecule has 2 atom stereocenters. The third-order valence-electron chi connectivity index (χ3n) is 6.73. The molecule has 0 radical (unpaired) electrons. The number of rotatable bonds is 12. The number of hydrogen-bond donors (Lipinski definition) is 1. The zero-order chi connectivity index (χ0) is 29.0. The molecule has 1 aliphatic heterocycles. The molecule has 1 aromatic carbocycles. The summed E-state index contributed by atoms with van der Waals surface area (Å²) in [5.74, 6) is -0.572. The molecular weight excluding hydrogens is 543 g/mol. The van der Waals surface area contributed by atoms with Crippen LogP contribution >= 0.6 is 11.3 Å². The summed E-state index contributed by atoms with van der Waals surface area (Å²) in [5.41, 5.74) is -0.453. The molecule has 214 valence electrons. The Bertz CT molecular complexity index is 1540. The number of piperidine rings is 1. The minimum Gasteiger partial charge on any atom is -0.496 e. The van der Waals surface area contributed by atoms with Crippen molar-refractivity contribution in [2.45, 2.75) is 38.5 Å². The highest BCUT2D eigenvalue weighted by Crippen LogP contribution is 2.37. The molecule has 3 aromatic rings. The Morgan fingerprint density at radius 3 is 2.62 bits per heavy atom. The molecule has 1 N–H and O–H groups in total. The standard InChI is InChI=1S/C26H31FN6O6S/c1-15-21-23(35)32(18-7-6-10-30-22(18)34)26(36)31(25(21)40-24(15)33(28-2)29-3)14-20(39-12-11-37-4)17-13-16(27)8-9-19(17)38-5/h8-9,13,18,20H,2-3,6-7,10-12,14H2,1,4-5H3,(H,30,34)/t18-,20-/m0/s1. The molecule has 12 nitrogen and oxygen atoms in total. The van der Waals surface area contributed by atoms with E-state index in [4.69, 9.17) is 14.2 Å². The second kappa shape index (κ2) is 12.5. The number of aryl methyl sites for hydroxylation is 1. The molecule has 2 aromatic heterocycles. The van der Waals surface area contributed by atoms with E-state index in [1.54, 1.807) is 6.92 Å². The van der Waals surface area contributed by atoms with E-state index in [-0.39, 0.29) is 25.1 Å². The lowest BCUT2D eigenvalue weighted by atomic mass is 10.1. The summed E-state index contributed by atoms with van der Waals surface area (Å²) in [5, 5.41) is 12.2. The smallest absolute Gasteiger partial charge is 0.332 e. The van der Waals surface area contributed by atoms with Crippen molar-refractivity contribution in [2.24, 2.45) is 10.2 Å². The first kappa shape index (κ1) is 29.1. The van der Waals surface area contributed by atoms with Crippen LogP contribution < -0.4 is 26.4 Å². The second-order valence-electron chi connectivity index (χ2n) is 9.04. The fraction of sp³-hybridized carbons (Fsp3) is 0.423. The van der Waals surface area contributed by atoms with Crippen LogP contribution in [0, 0.1) is 12.7 Å². The molecule has 0 aliphatic carbocycles. The van der Waals surface area contributed by atoms with Crippen LogP contribution in [0.15, 0.2) is 38.0 Å². The van der Waals surface area contributed by atoms with E-state index in [1.807, 2.05) is 0 Å². The van der Waals surface area contributed by atoms with Gasteiger partial charge < -0.3 is 19.5 Å². The molecule has 0 unspecified atom stereocenters. The second-order valence-corrected chi connectivity index (χ2v) is 10.0. The number of nitrogens with one attached hydrogen (secondary N) is 1. The Labute approximate surface area is 233 Å². The average Bonchev–Trinajstić information content (AvgIpc) is 3.28. The highest BCUT2D eigenvalue weighted by Gasteiger charge is 2.32. The van der Waals surface area contributed by atoms with Crippen LogP contribution in [0.3, 0.4) is 0 Å². The summed E-state index contributed by atoms with van der Waals surface area (Å²) in [7, 11) is 2.96. The van der Waals surface area contributed by atoms with Gasteiger partial charge in [0.15, 0.2) is 0 Å². The SMILES string of the molecule is C=NN(N=C)c1sc2c(c1C)c(=O)n([C@H]1CCCNC1=O)c(=O)n2C[C@H](OCCOC)c1cc(F)ccc1OC. The number of benzene rings is 1. The van der Waals surface area contributed by atoms with E-state index in [0.717, 1.165) is 21.0 Å². The van der Waals surface area contributed by atoms with Gasteiger partial charge in [-0.3, -0.25) is 14.2 Å². The van der Waals surface area contributed by atoms with Crippen LogP contribution in [-0.4, -0.2) is 62.5 Å². The van der Waals surface area contributed by atoms with Crippen LogP contribution in [0.25, 0.3) is 10.2 Å². The summed E-state index contributed by atoms with van der Waals surface area (Å²) in [6.07, 6.45) is 0.0408. The Hall–Kier alpha value is -3.88. The zero-order valence-electron chi connectivity index (χ0n) is 22.5. The highest BCUT2D eigenvalue weighted by atomic mass is 32.1. The van der Waals surface area contributed by atoms with E-state index in [1.165, 1.54) is 37.0 Å². The van der Waals surface area contributed by atoms with E-state index in [9.17, 15) is 18.8 Å². The van der Waals surface area contributed by atoms with Gasteiger partial charge in [-0.2, -0.15) is 10.2 Å². The van der Waals surface area contributed by atoms with Gasteiger partial charge in [0.05, 0.1) is 32.3 Å². The third-order valence-corrected chi connectivity index (χ3v) is 8.01. The summed E-state index contributed by atoms with van der Waals surface area (Å²) in [6.45, 7) is 9.41. The maximum atomic E-state index is 14.4. The predicted molar refractivity (Wildman–Crippen MR) is 151 cm³/mol. The van der Waals surface area contributed by atoms with Gasteiger partial charge in [0, 0.05) is 38.2 Å². The monoisotopic (exact) mass is 574 g/mol.